The summed E-state index contributed by atoms with van der Waals surface area (Å²) in [7, 11) is 1.89. The summed E-state index contributed by atoms with van der Waals surface area (Å²) in [4.78, 5) is 11.8. The molecular weight excluding hydrogens is 272 g/mol. The van der Waals surface area contributed by atoms with Gasteiger partial charge in [0.05, 0.1) is 5.69 Å². The van der Waals surface area contributed by atoms with Crippen LogP contribution in [-0.2, 0) is 13.0 Å². The van der Waals surface area contributed by atoms with Gasteiger partial charge in [-0.1, -0.05) is 24.3 Å². The van der Waals surface area contributed by atoms with Crippen LogP contribution in [0.1, 0.15) is 42.5 Å². The minimum atomic E-state index is 0.460. The second kappa shape index (κ2) is 5.27. The molecule has 1 saturated carbocycles. The predicted octanol–water partition coefficient (Wildman–Crippen LogP) is 3.35. The zero-order chi connectivity index (χ0) is 15.1. The molecule has 0 radical (unpaired) electrons. The van der Waals surface area contributed by atoms with Crippen LogP contribution in [0.15, 0.2) is 30.3 Å². The van der Waals surface area contributed by atoms with Gasteiger partial charge in [0.25, 0.3) is 0 Å². The number of fused-ring (bicyclic) bond motifs is 1. The molecule has 1 fully saturated rings. The van der Waals surface area contributed by atoms with Crippen LogP contribution in [0, 0.1) is 0 Å². The zero-order valence-corrected chi connectivity index (χ0v) is 13.2. The average molecular weight is 294 g/mol. The molecule has 2 aliphatic rings. The fourth-order valence-electron chi connectivity index (χ4n) is 3.29. The summed E-state index contributed by atoms with van der Waals surface area (Å²) in [6.07, 6.45) is 3.60. The van der Waals surface area contributed by atoms with Crippen LogP contribution in [0.2, 0.25) is 0 Å². The molecule has 0 unspecified atom stereocenters. The van der Waals surface area contributed by atoms with Crippen molar-refractivity contribution < 1.29 is 0 Å². The van der Waals surface area contributed by atoms with Crippen molar-refractivity contribution in [1.82, 2.24) is 9.97 Å². The average Bonchev–Trinajstić information content (AvgIpc) is 3.38. The smallest absolute Gasteiger partial charge is 0.224 e. The van der Waals surface area contributed by atoms with Gasteiger partial charge in [0.1, 0.15) is 5.82 Å². The Morgan fingerprint density at radius 3 is 2.64 bits per heavy atom. The molecule has 1 aromatic carbocycles. The van der Waals surface area contributed by atoms with Crippen molar-refractivity contribution in [3.63, 3.8) is 0 Å². The Bertz CT molecular complexity index is 693. The van der Waals surface area contributed by atoms with Crippen LogP contribution in [0.5, 0.6) is 0 Å². The van der Waals surface area contributed by atoms with Crippen LogP contribution in [0.4, 0.5) is 11.8 Å². The molecule has 4 heteroatoms. The van der Waals surface area contributed by atoms with Crippen molar-refractivity contribution in [1.29, 1.82) is 0 Å². The summed E-state index contributed by atoms with van der Waals surface area (Å²) in [5, 5.41) is 3.11. The van der Waals surface area contributed by atoms with Gasteiger partial charge in [0.15, 0.2) is 0 Å². The van der Waals surface area contributed by atoms with Gasteiger partial charge < -0.3 is 10.2 Å². The van der Waals surface area contributed by atoms with E-state index in [1.807, 2.05) is 7.05 Å². The molecule has 0 saturated heterocycles. The van der Waals surface area contributed by atoms with Crippen molar-refractivity contribution in [3.05, 3.63) is 47.2 Å². The fourth-order valence-corrected chi connectivity index (χ4v) is 3.29. The van der Waals surface area contributed by atoms with E-state index < -0.39 is 0 Å². The van der Waals surface area contributed by atoms with E-state index in [4.69, 9.17) is 4.98 Å². The van der Waals surface area contributed by atoms with Gasteiger partial charge in [0.2, 0.25) is 5.95 Å². The van der Waals surface area contributed by atoms with Crippen LogP contribution in [-0.4, -0.2) is 23.1 Å². The third-order valence-corrected chi connectivity index (χ3v) is 4.75. The minimum Gasteiger partial charge on any atom is -0.357 e. The Morgan fingerprint density at radius 2 is 1.91 bits per heavy atom. The maximum Gasteiger partial charge on any atom is 0.224 e. The highest BCUT2D eigenvalue weighted by Gasteiger charge is 2.29. The molecule has 2 heterocycles. The number of aromatic nitrogens is 2. The topological polar surface area (TPSA) is 41.1 Å². The Labute approximate surface area is 131 Å². The van der Waals surface area contributed by atoms with Crippen molar-refractivity contribution >= 4 is 11.8 Å². The monoisotopic (exact) mass is 294 g/mol. The quantitative estimate of drug-likeness (QED) is 0.942. The maximum absolute atomic E-state index is 4.71. The number of nitrogens with zero attached hydrogens (tertiary/aromatic N) is 3. The van der Waals surface area contributed by atoms with Crippen molar-refractivity contribution in [3.8, 4) is 0 Å². The lowest BCUT2D eigenvalue weighted by Crippen LogP contribution is -2.39. The van der Waals surface area contributed by atoms with Crippen LogP contribution < -0.4 is 10.2 Å². The lowest BCUT2D eigenvalue weighted by molar-refractivity contribution is 0.586. The highest BCUT2D eigenvalue weighted by atomic mass is 15.2. The molecule has 1 aliphatic carbocycles. The van der Waals surface area contributed by atoms with Crippen molar-refractivity contribution in [2.75, 3.05) is 17.3 Å². The molecule has 22 heavy (non-hydrogen) atoms. The first-order chi connectivity index (χ1) is 10.7. The fraction of sp³-hybridized carbons (Fsp3) is 0.444. The Balaban J connectivity index is 1.70. The molecular formula is C18H22N4. The molecule has 2 aromatic rings. The summed E-state index contributed by atoms with van der Waals surface area (Å²) in [5.41, 5.74) is 4.08. The minimum absolute atomic E-state index is 0.460. The van der Waals surface area contributed by atoms with E-state index in [0.717, 1.165) is 24.7 Å². The SMILES string of the molecule is CNc1nc(C2CC2)cc(N2Cc3ccccc3C[C@H]2C)n1. The number of benzene rings is 1. The Kier molecular flexibility index (Phi) is 3.25. The summed E-state index contributed by atoms with van der Waals surface area (Å²) in [6, 6.07) is 11.4. The van der Waals surface area contributed by atoms with Gasteiger partial charge in [-0.15, -0.1) is 0 Å². The van der Waals surface area contributed by atoms with Gasteiger partial charge in [-0.2, -0.15) is 4.98 Å². The van der Waals surface area contributed by atoms with Gasteiger partial charge in [-0.3, -0.25) is 0 Å². The first-order valence-corrected chi connectivity index (χ1v) is 8.15. The number of hydrogen-bond acceptors (Lipinski definition) is 4. The first kappa shape index (κ1) is 13.6. The third kappa shape index (κ3) is 2.43. The number of hydrogen-bond donors (Lipinski definition) is 1. The summed E-state index contributed by atoms with van der Waals surface area (Å²) < 4.78 is 0. The Hall–Kier alpha value is -2.10. The summed E-state index contributed by atoms with van der Waals surface area (Å²) in [6.45, 7) is 3.22. The molecule has 1 aliphatic heterocycles. The molecule has 0 spiro atoms. The van der Waals surface area contributed by atoms with E-state index >= 15 is 0 Å². The molecule has 0 amide bonds. The van der Waals surface area contributed by atoms with E-state index in [0.29, 0.717) is 12.0 Å². The molecule has 1 aromatic heterocycles. The number of anilines is 2. The highest BCUT2D eigenvalue weighted by molar-refractivity contribution is 5.50. The van der Waals surface area contributed by atoms with Gasteiger partial charge in [0, 0.05) is 31.6 Å². The summed E-state index contributed by atoms with van der Waals surface area (Å²) >= 11 is 0. The van der Waals surface area contributed by atoms with Gasteiger partial charge >= 0.3 is 0 Å². The molecule has 1 N–H and O–H groups in total. The van der Waals surface area contributed by atoms with Crippen molar-refractivity contribution in [2.45, 2.75) is 44.7 Å². The van der Waals surface area contributed by atoms with E-state index in [2.05, 4.69) is 52.5 Å². The van der Waals surface area contributed by atoms with Crippen LogP contribution >= 0.6 is 0 Å². The first-order valence-electron chi connectivity index (χ1n) is 8.15. The number of rotatable bonds is 3. The lowest BCUT2D eigenvalue weighted by Gasteiger charge is -2.36. The Morgan fingerprint density at radius 1 is 1.14 bits per heavy atom. The normalized spacial score (nSPS) is 20.6. The van der Waals surface area contributed by atoms with E-state index in [1.165, 1.54) is 29.7 Å². The second-order valence-electron chi connectivity index (χ2n) is 6.45. The molecule has 114 valence electrons. The van der Waals surface area contributed by atoms with Crippen LogP contribution in [0.3, 0.4) is 0 Å². The van der Waals surface area contributed by atoms with Crippen LogP contribution in [0.25, 0.3) is 0 Å². The lowest BCUT2D eigenvalue weighted by atomic mass is 9.95. The second-order valence-corrected chi connectivity index (χ2v) is 6.45. The molecule has 4 rings (SSSR count). The zero-order valence-electron chi connectivity index (χ0n) is 13.2. The van der Waals surface area contributed by atoms with E-state index in [9.17, 15) is 0 Å². The van der Waals surface area contributed by atoms with E-state index in [-0.39, 0.29) is 0 Å². The number of nitrogens with one attached hydrogen (secondary N) is 1. The maximum atomic E-state index is 4.71. The molecule has 1 atom stereocenters. The largest absolute Gasteiger partial charge is 0.357 e. The third-order valence-electron chi connectivity index (χ3n) is 4.75. The summed E-state index contributed by atoms with van der Waals surface area (Å²) in [5.74, 6) is 2.44. The predicted molar refractivity (Wildman–Crippen MR) is 89.3 cm³/mol. The molecule has 4 nitrogen and oxygen atoms in total. The highest BCUT2D eigenvalue weighted by Crippen LogP contribution is 2.40. The molecule has 0 bridgehead atoms. The van der Waals surface area contributed by atoms with Gasteiger partial charge in [-0.05, 0) is 37.3 Å². The standard InChI is InChI=1S/C18H22N4/c1-12-9-14-5-3-4-6-15(14)11-22(12)17-10-16(13-7-8-13)20-18(19-2)21-17/h3-6,10,12-13H,7-9,11H2,1-2H3,(H,19,20,21)/t12-/m1/s1. The van der Waals surface area contributed by atoms with Crippen molar-refractivity contribution in [2.24, 2.45) is 0 Å². The van der Waals surface area contributed by atoms with Gasteiger partial charge in [-0.25, -0.2) is 4.98 Å². The van der Waals surface area contributed by atoms with E-state index in [1.54, 1.807) is 0 Å².